The number of nitrogens with two attached hydrogens (primary N) is 1. The highest BCUT2D eigenvalue weighted by Gasteiger charge is 2.22. The van der Waals surface area contributed by atoms with Crippen LogP contribution in [0.4, 0.5) is 5.69 Å². The van der Waals surface area contributed by atoms with Crippen LogP contribution in [0.1, 0.15) is 31.5 Å². The number of nitrogens with one attached hydrogen (secondary N) is 2. The van der Waals surface area contributed by atoms with Crippen LogP contribution in [0.25, 0.3) is 22.3 Å². The largest absolute Gasteiger partial charge is 0.399 e. The maximum atomic E-state index is 5.88. The van der Waals surface area contributed by atoms with Crippen molar-refractivity contribution in [1.29, 1.82) is 0 Å². The Labute approximate surface area is 135 Å². The number of piperidine rings is 1. The Morgan fingerprint density at radius 3 is 3.00 bits per heavy atom. The molecule has 1 aliphatic rings. The van der Waals surface area contributed by atoms with Crippen molar-refractivity contribution in [2.24, 2.45) is 0 Å². The van der Waals surface area contributed by atoms with Crippen LogP contribution in [0.3, 0.4) is 0 Å². The maximum Gasteiger partial charge on any atom is 0.132 e. The molecule has 3 heterocycles. The molecule has 0 bridgehead atoms. The summed E-state index contributed by atoms with van der Waals surface area (Å²) in [6, 6.07) is 10.5. The Morgan fingerprint density at radius 2 is 2.17 bits per heavy atom. The molecule has 2 atom stereocenters. The molecule has 0 radical (unpaired) electrons. The van der Waals surface area contributed by atoms with Crippen LogP contribution in [0.5, 0.6) is 0 Å². The highest BCUT2D eigenvalue weighted by Crippen LogP contribution is 2.28. The molecule has 5 heteroatoms. The molecule has 3 aromatic rings. The normalized spacial score (nSPS) is 21.6. The van der Waals surface area contributed by atoms with Crippen molar-refractivity contribution in [1.82, 2.24) is 20.3 Å². The lowest BCUT2D eigenvalue weighted by atomic mass is 9.92. The van der Waals surface area contributed by atoms with E-state index in [2.05, 4.69) is 28.3 Å². The molecule has 2 aromatic heterocycles. The van der Waals surface area contributed by atoms with Gasteiger partial charge in [-0.05, 0) is 44.5 Å². The van der Waals surface area contributed by atoms with E-state index < -0.39 is 0 Å². The van der Waals surface area contributed by atoms with E-state index >= 15 is 0 Å². The molecule has 0 saturated carbocycles. The van der Waals surface area contributed by atoms with E-state index in [0.717, 1.165) is 53.2 Å². The van der Waals surface area contributed by atoms with Crippen LogP contribution in [0.2, 0.25) is 0 Å². The zero-order valence-electron chi connectivity index (χ0n) is 13.2. The van der Waals surface area contributed by atoms with E-state index in [-0.39, 0.29) is 0 Å². The van der Waals surface area contributed by atoms with Crippen LogP contribution >= 0.6 is 0 Å². The first kappa shape index (κ1) is 14.2. The van der Waals surface area contributed by atoms with Gasteiger partial charge in [0.15, 0.2) is 0 Å². The predicted molar refractivity (Wildman–Crippen MR) is 93.2 cm³/mol. The Hall–Kier alpha value is -2.40. The highest BCUT2D eigenvalue weighted by atomic mass is 15.0. The molecule has 118 valence electrons. The SMILES string of the molecule is CC1CC(c2ncc3[nH]c(-c4cccc(N)c4)cc3n2)CCN1. The van der Waals surface area contributed by atoms with Gasteiger partial charge in [-0.25, -0.2) is 9.97 Å². The van der Waals surface area contributed by atoms with Crippen LogP contribution < -0.4 is 11.1 Å². The number of nitrogen functional groups attached to an aromatic ring is 1. The van der Waals surface area contributed by atoms with Gasteiger partial charge in [0.2, 0.25) is 0 Å². The fraction of sp³-hybridized carbons (Fsp3) is 0.333. The lowest BCUT2D eigenvalue weighted by Gasteiger charge is -2.26. The molecule has 4 rings (SSSR count). The van der Waals surface area contributed by atoms with Gasteiger partial charge in [0, 0.05) is 28.9 Å². The van der Waals surface area contributed by atoms with E-state index in [1.807, 2.05) is 30.5 Å². The third kappa shape index (κ3) is 2.80. The van der Waals surface area contributed by atoms with Crippen molar-refractivity contribution in [3.05, 3.63) is 42.4 Å². The first-order valence-electron chi connectivity index (χ1n) is 8.14. The second-order valence-corrected chi connectivity index (χ2v) is 6.41. The van der Waals surface area contributed by atoms with Crippen molar-refractivity contribution in [3.63, 3.8) is 0 Å². The number of anilines is 1. The van der Waals surface area contributed by atoms with Gasteiger partial charge in [0.05, 0.1) is 17.2 Å². The lowest BCUT2D eigenvalue weighted by molar-refractivity contribution is 0.371. The molecule has 1 fully saturated rings. The van der Waals surface area contributed by atoms with Crippen molar-refractivity contribution in [2.45, 2.75) is 31.7 Å². The van der Waals surface area contributed by atoms with Crippen molar-refractivity contribution in [3.8, 4) is 11.3 Å². The number of hydrogen-bond acceptors (Lipinski definition) is 4. The average Bonchev–Trinajstić information content (AvgIpc) is 2.98. The van der Waals surface area contributed by atoms with E-state index in [1.54, 1.807) is 0 Å². The van der Waals surface area contributed by atoms with Crippen molar-refractivity contribution < 1.29 is 0 Å². The number of fused-ring (bicyclic) bond motifs is 1. The summed E-state index contributed by atoms with van der Waals surface area (Å²) in [6.07, 6.45) is 4.10. The third-order valence-electron chi connectivity index (χ3n) is 4.57. The molecular formula is C18H21N5. The molecule has 4 N–H and O–H groups in total. The van der Waals surface area contributed by atoms with Gasteiger partial charge in [-0.15, -0.1) is 0 Å². The van der Waals surface area contributed by atoms with E-state index in [1.165, 1.54) is 0 Å². The highest BCUT2D eigenvalue weighted by molar-refractivity contribution is 5.82. The van der Waals surface area contributed by atoms with Gasteiger partial charge in [-0.3, -0.25) is 0 Å². The average molecular weight is 307 g/mol. The van der Waals surface area contributed by atoms with Crippen molar-refractivity contribution in [2.75, 3.05) is 12.3 Å². The van der Waals surface area contributed by atoms with Gasteiger partial charge >= 0.3 is 0 Å². The smallest absolute Gasteiger partial charge is 0.132 e. The molecule has 1 saturated heterocycles. The van der Waals surface area contributed by atoms with Crippen LogP contribution in [0, 0.1) is 0 Å². The van der Waals surface area contributed by atoms with Crippen LogP contribution in [0.15, 0.2) is 36.5 Å². The number of hydrogen-bond donors (Lipinski definition) is 3. The van der Waals surface area contributed by atoms with Gasteiger partial charge in [0.1, 0.15) is 5.82 Å². The zero-order valence-corrected chi connectivity index (χ0v) is 13.2. The summed E-state index contributed by atoms with van der Waals surface area (Å²) < 4.78 is 0. The van der Waals surface area contributed by atoms with Gasteiger partial charge < -0.3 is 16.0 Å². The third-order valence-corrected chi connectivity index (χ3v) is 4.57. The fourth-order valence-electron chi connectivity index (χ4n) is 3.36. The molecule has 1 aromatic carbocycles. The van der Waals surface area contributed by atoms with Gasteiger partial charge in [0.25, 0.3) is 0 Å². The number of aromatic amines is 1. The summed E-state index contributed by atoms with van der Waals surface area (Å²) in [5, 5.41) is 3.48. The fourth-order valence-corrected chi connectivity index (χ4v) is 3.36. The monoisotopic (exact) mass is 307 g/mol. The Kier molecular flexibility index (Phi) is 3.50. The molecule has 0 spiro atoms. The minimum atomic E-state index is 0.446. The standard InChI is InChI=1S/C18H21N5/c1-11-7-13(5-6-20-11)18-21-10-17-16(23-18)9-15(22-17)12-3-2-4-14(19)8-12/h2-4,8-11,13,20,22H,5-7,19H2,1H3. The molecule has 23 heavy (non-hydrogen) atoms. The lowest BCUT2D eigenvalue weighted by Crippen LogP contribution is -2.35. The van der Waals surface area contributed by atoms with Gasteiger partial charge in [-0.2, -0.15) is 0 Å². The number of rotatable bonds is 2. The molecule has 2 unspecified atom stereocenters. The number of aromatic nitrogens is 3. The Bertz CT molecular complexity index is 838. The van der Waals surface area contributed by atoms with Gasteiger partial charge in [-0.1, -0.05) is 12.1 Å². The minimum Gasteiger partial charge on any atom is -0.399 e. The Morgan fingerprint density at radius 1 is 1.26 bits per heavy atom. The zero-order chi connectivity index (χ0) is 15.8. The number of nitrogens with zero attached hydrogens (tertiary/aromatic N) is 2. The topological polar surface area (TPSA) is 79.6 Å². The van der Waals surface area contributed by atoms with E-state index in [4.69, 9.17) is 10.7 Å². The quantitative estimate of drug-likeness (QED) is 0.636. The minimum absolute atomic E-state index is 0.446. The predicted octanol–water partition coefficient (Wildman–Crippen LogP) is 3.06. The first-order valence-corrected chi connectivity index (χ1v) is 8.14. The summed E-state index contributed by atoms with van der Waals surface area (Å²) in [6.45, 7) is 3.26. The molecule has 5 nitrogen and oxygen atoms in total. The summed E-state index contributed by atoms with van der Waals surface area (Å²) in [4.78, 5) is 12.8. The summed E-state index contributed by atoms with van der Waals surface area (Å²) >= 11 is 0. The number of benzene rings is 1. The second-order valence-electron chi connectivity index (χ2n) is 6.41. The van der Waals surface area contributed by atoms with Crippen LogP contribution in [-0.2, 0) is 0 Å². The number of H-pyrrole nitrogens is 1. The molecular weight excluding hydrogens is 286 g/mol. The van der Waals surface area contributed by atoms with E-state index in [9.17, 15) is 0 Å². The summed E-state index contributed by atoms with van der Waals surface area (Å²) in [7, 11) is 0. The second kappa shape index (κ2) is 5.66. The summed E-state index contributed by atoms with van der Waals surface area (Å²) in [5.74, 6) is 1.41. The van der Waals surface area contributed by atoms with Crippen molar-refractivity contribution >= 4 is 16.7 Å². The first-order chi connectivity index (χ1) is 11.2. The molecule has 1 aliphatic heterocycles. The molecule has 0 aliphatic carbocycles. The Balaban J connectivity index is 1.69. The van der Waals surface area contributed by atoms with E-state index in [0.29, 0.717) is 12.0 Å². The maximum absolute atomic E-state index is 5.88. The molecule has 0 amide bonds. The summed E-state index contributed by atoms with van der Waals surface area (Å²) in [5.41, 5.74) is 10.7. The van der Waals surface area contributed by atoms with Crippen LogP contribution in [-0.4, -0.2) is 27.5 Å².